The number of oxazole rings is 1. The molecule has 0 fully saturated rings. The Kier molecular flexibility index (Phi) is 4.27. The van der Waals surface area contributed by atoms with Crippen molar-refractivity contribution in [1.82, 2.24) is 20.5 Å². The number of nitrogens with zero attached hydrogens (tertiary/aromatic N) is 2. The average Bonchev–Trinajstić information content (AvgIpc) is 3.02. The minimum absolute atomic E-state index is 0.0211. The molecule has 1 aliphatic carbocycles. The fourth-order valence-corrected chi connectivity index (χ4v) is 3.62. The minimum atomic E-state index is -0.211. The van der Waals surface area contributed by atoms with Gasteiger partial charge in [0.05, 0.1) is 11.4 Å². The number of thioether (sulfide) groups is 1. The van der Waals surface area contributed by atoms with E-state index in [1.165, 1.54) is 11.8 Å². The normalized spacial score (nSPS) is 16.6. The third-order valence-electron chi connectivity index (χ3n) is 4.14. The maximum absolute atomic E-state index is 12.2. The Bertz CT molecular complexity index is 948. The van der Waals surface area contributed by atoms with Crippen LogP contribution < -0.4 is 10.9 Å². The molecule has 3 aromatic rings. The highest BCUT2D eigenvalue weighted by Crippen LogP contribution is 2.23. The molecule has 0 aliphatic heterocycles. The van der Waals surface area contributed by atoms with Crippen LogP contribution in [0.1, 0.15) is 17.7 Å². The summed E-state index contributed by atoms with van der Waals surface area (Å²) in [7, 11) is 0. The molecule has 0 bridgehead atoms. The number of rotatable bonds is 4. The van der Waals surface area contributed by atoms with Crippen molar-refractivity contribution in [2.24, 2.45) is 0 Å². The molecule has 25 heavy (non-hydrogen) atoms. The summed E-state index contributed by atoms with van der Waals surface area (Å²) in [5.41, 5.74) is 3.11. The SMILES string of the molecule is O=C(CSc1nc2ccccc2o1)NC1CCc2n[nH]c(=O)cc2C1. The Hall–Kier alpha value is -2.61. The van der Waals surface area contributed by atoms with Gasteiger partial charge in [0.25, 0.3) is 10.8 Å². The van der Waals surface area contributed by atoms with Crippen LogP contribution in [0.5, 0.6) is 0 Å². The van der Waals surface area contributed by atoms with Gasteiger partial charge in [-0.15, -0.1) is 0 Å². The molecule has 0 radical (unpaired) electrons. The van der Waals surface area contributed by atoms with E-state index in [9.17, 15) is 9.59 Å². The van der Waals surface area contributed by atoms with Crippen molar-refractivity contribution in [2.75, 3.05) is 5.75 Å². The highest BCUT2D eigenvalue weighted by atomic mass is 32.2. The first-order chi connectivity index (χ1) is 12.2. The maximum Gasteiger partial charge on any atom is 0.264 e. The lowest BCUT2D eigenvalue weighted by atomic mass is 9.92. The molecule has 0 saturated carbocycles. The van der Waals surface area contributed by atoms with Crippen molar-refractivity contribution in [3.05, 3.63) is 51.9 Å². The van der Waals surface area contributed by atoms with Crippen LogP contribution in [-0.2, 0) is 17.6 Å². The lowest BCUT2D eigenvalue weighted by Crippen LogP contribution is -2.40. The van der Waals surface area contributed by atoms with Gasteiger partial charge >= 0.3 is 0 Å². The highest BCUT2D eigenvalue weighted by molar-refractivity contribution is 7.99. The van der Waals surface area contributed by atoms with Crippen LogP contribution in [0.25, 0.3) is 11.1 Å². The molecule has 1 atom stereocenters. The number of H-pyrrole nitrogens is 1. The van der Waals surface area contributed by atoms with Gasteiger partial charge in [-0.1, -0.05) is 23.9 Å². The number of amides is 1. The van der Waals surface area contributed by atoms with E-state index in [1.807, 2.05) is 24.3 Å². The minimum Gasteiger partial charge on any atom is -0.431 e. The summed E-state index contributed by atoms with van der Waals surface area (Å²) in [5.74, 6) is 0.169. The van der Waals surface area contributed by atoms with Gasteiger partial charge in [0.2, 0.25) is 5.91 Å². The first-order valence-electron chi connectivity index (χ1n) is 8.02. The zero-order valence-electron chi connectivity index (χ0n) is 13.3. The first-order valence-corrected chi connectivity index (χ1v) is 9.01. The molecule has 1 aromatic carbocycles. The van der Waals surface area contributed by atoms with Crippen LogP contribution >= 0.6 is 11.8 Å². The molecule has 0 spiro atoms. The van der Waals surface area contributed by atoms with E-state index in [4.69, 9.17) is 4.42 Å². The quantitative estimate of drug-likeness (QED) is 0.690. The Morgan fingerprint density at radius 3 is 3.16 bits per heavy atom. The van der Waals surface area contributed by atoms with Crippen LogP contribution in [0.4, 0.5) is 0 Å². The molecule has 2 aromatic heterocycles. The van der Waals surface area contributed by atoms with Crippen LogP contribution in [-0.4, -0.2) is 32.9 Å². The molecule has 1 unspecified atom stereocenters. The molecule has 1 amide bonds. The number of hydrogen-bond donors (Lipinski definition) is 2. The van der Waals surface area contributed by atoms with E-state index >= 15 is 0 Å². The molecule has 0 saturated heterocycles. The van der Waals surface area contributed by atoms with Crippen molar-refractivity contribution in [2.45, 2.75) is 30.5 Å². The van der Waals surface area contributed by atoms with E-state index < -0.39 is 0 Å². The summed E-state index contributed by atoms with van der Waals surface area (Å²) < 4.78 is 5.59. The monoisotopic (exact) mass is 356 g/mol. The number of aryl methyl sites for hydroxylation is 1. The molecular formula is C17H16N4O3S. The van der Waals surface area contributed by atoms with Crippen molar-refractivity contribution in [1.29, 1.82) is 0 Å². The van der Waals surface area contributed by atoms with Gasteiger partial charge in [-0.25, -0.2) is 10.1 Å². The van der Waals surface area contributed by atoms with E-state index in [-0.39, 0.29) is 23.3 Å². The van der Waals surface area contributed by atoms with Gasteiger partial charge in [0.1, 0.15) is 5.52 Å². The topological polar surface area (TPSA) is 101 Å². The summed E-state index contributed by atoms with van der Waals surface area (Å²) in [5, 5.41) is 10.0. The smallest absolute Gasteiger partial charge is 0.264 e. The molecule has 4 rings (SSSR count). The fraction of sp³-hybridized carbons (Fsp3) is 0.294. The van der Waals surface area contributed by atoms with E-state index in [0.29, 0.717) is 17.2 Å². The van der Waals surface area contributed by atoms with Crippen molar-refractivity contribution >= 4 is 28.8 Å². The second-order valence-electron chi connectivity index (χ2n) is 5.95. The second kappa shape index (κ2) is 6.72. The zero-order valence-corrected chi connectivity index (χ0v) is 14.1. The van der Waals surface area contributed by atoms with E-state index in [0.717, 1.165) is 29.6 Å². The lowest BCUT2D eigenvalue weighted by Gasteiger charge is -2.24. The Morgan fingerprint density at radius 2 is 2.28 bits per heavy atom. The maximum atomic E-state index is 12.2. The predicted octanol–water partition coefficient (Wildman–Crippen LogP) is 1.68. The summed E-state index contributed by atoms with van der Waals surface area (Å²) >= 11 is 1.27. The molecule has 2 heterocycles. The molecule has 8 heteroatoms. The van der Waals surface area contributed by atoms with Crippen LogP contribution in [0, 0.1) is 0 Å². The van der Waals surface area contributed by atoms with Crippen molar-refractivity contribution in [3.63, 3.8) is 0 Å². The molecule has 128 valence electrons. The number of nitrogens with one attached hydrogen (secondary N) is 2. The highest BCUT2D eigenvalue weighted by Gasteiger charge is 2.22. The van der Waals surface area contributed by atoms with Crippen molar-refractivity contribution < 1.29 is 9.21 Å². The summed E-state index contributed by atoms with van der Waals surface area (Å²) in [4.78, 5) is 27.9. The van der Waals surface area contributed by atoms with Crippen LogP contribution in [0.3, 0.4) is 0 Å². The number of para-hydroxylation sites is 2. The number of aromatic nitrogens is 3. The number of aromatic amines is 1. The second-order valence-corrected chi connectivity index (χ2v) is 6.87. The number of hydrogen-bond acceptors (Lipinski definition) is 6. The summed E-state index contributed by atoms with van der Waals surface area (Å²) in [6, 6.07) is 9.09. The third kappa shape index (κ3) is 3.58. The summed E-state index contributed by atoms with van der Waals surface area (Å²) in [6.45, 7) is 0. The number of fused-ring (bicyclic) bond motifs is 2. The number of carbonyl (C=O) groups is 1. The van der Waals surface area contributed by atoms with E-state index in [1.54, 1.807) is 6.07 Å². The number of carbonyl (C=O) groups excluding carboxylic acids is 1. The molecule has 7 nitrogen and oxygen atoms in total. The van der Waals surface area contributed by atoms with Crippen LogP contribution in [0.15, 0.2) is 44.8 Å². The molecule has 2 N–H and O–H groups in total. The van der Waals surface area contributed by atoms with Gasteiger partial charge in [-0.2, -0.15) is 5.10 Å². The Balaban J connectivity index is 1.34. The van der Waals surface area contributed by atoms with Gasteiger partial charge < -0.3 is 9.73 Å². The third-order valence-corrected chi connectivity index (χ3v) is 4.97. The predicted molar refractivity (Wildman–Crippen MR) is 93.5 cm³/mol. The molecule has 1 aliphatic rings. The number of benzene rings is 1. The summed E-state index contributed by atoms with van der Waals surface area (Å²) in [6.07, 6.45) is 2.19. The fourth-order valence-electron chi connectivity index (χ4n) is 2.97. The van der Waals surface area contributed by atoms with Crippen molar-refractivity contribution in [3.8, 4) is 0 Å². The van der Waals surface area contributed by atoms with Gasteiger partial charge in [0, 0.05) is 12.1 Å². The zero-order chi connectivity index (χ0) is 17.2. The standard InChI is InChI=1S/C17H16N4O3S/c22-15-8-10-7-11(5-6-12(10)20-21-15)18-16(23)9-25-17-19-13-3-1-2-4-14(13)24-17/h1-4,8,11H,5-7,9H2,(H,18,23)(H,21,22). The lowest BCUT2D eigenvalue weighted by molar-refractivity contribution is -0.119. The molecular weight excluding hydrogens is 340 g/mol. The van der Waals surface area contributed by atoms with Gasteiger partial charge in [0.15, 0.2) is 5.58 Å². The Labute approximate surface area is 147 Å². The first kappa shape index (κ1) is 15.9. The van der Waals surface area contributed by atoms with E-state index in [2.05, 4.69) is 20.5 Å². The van der Waals surface area contributed by atoms with Crippen LogP contribution in [0.2, 0.25) is 0 Å². The van der Waals surface area contributed by atoms with Gasteiger partial charge in [-0.3, -0.25) is 9.59 Å². The largest absolute Gasteiger partial charge is 0.431 e. The Morgan fingerprint density at radius 1 is 1.40 bits per heavy atom. The van der Waals surface area contributed by atoms with Gasteiger partial charge in [-0.05, 0) is 37.0 Å². The average molecular weight is 356 g/mol.